The largest absolute Gasteiger partial charge is 0.356 e. The monoisotopic (exact) mass is 496 g/mol. The van der Waals surface area contributed by atoms with Crippen LogP contribution >= 0.6 is 35.6 Å². The highest BCUT2D eigenvalue weighted by molar-refractivity contribution is 14.0. The molecule has 0 aliphatic carbocycles. The zero-order valence-corrected chi connectivity index (χ0v) is 18.1. The molecule has 8 heteroatoms. The molecule has 0 saturated carbocycles. The molecule has 0 amide bonds. The molecule has 0 spiro atoms. The first-order valence-corrected chi connectivity index (χ1v) is 8.75. The van der Waals surface area contributed by atoms with E-state index in [1.165, 1.54) is 11.9 Å². The molecule has 0 aliphatic rings. The SMILES string of the molecule is CN=C(NCCc1cccc(Cl)c1)NCc1ccc(-n2cncn2)cc1.I. The zero-order valence-electron chi connectivity index (χ0n) is 15.0. The third-order valence-corrected chi connectivity index (χ3v) is 4.13. The lowest BCUT2D eigenvalue weighted by molar-refractivity contribution is 0.794. The van der Waals surface area contributed by atoms with E-state index in [1.807, 2.05) is 30.3 Å². The maximum Gasteiger partial charge on any atom is 0.191 e. The van der Waals surface area contributed by atoms with Gasteiger partial charge in [0.2, 0.25) is 0 Å². The number of nitrogens with one attached hydrogen (secondary N) is 2. The summed E-state index contributed by atoms with van der Waals surface area (Å²) in [5, 5.41) is 11.5. The van der Waals surface area contributed by atoms with Crippen molar-refractivity contribution in [3.8, 4) is 5.69 Å². The van der Waals surface area contributed by atoms with Crippen LogP contribution in [0, 0.1) is 0 Å². The van der Waals surface area contributed by atoms with E-state index in [-0.39, 0.29) is 24.0 Å². The van der Waals surface area contributed by atoms with Crippen LogP contribution in [0.2, 0.25) is 5.02 Å². The molecule has 6 nitrogen and oxygen atoms in total. The fourth-order valence-corrected chi connectivity index (χ4v) is 2.75. The van der Waals surface area contributed by atoms with E-state index in [2.05, 4.69) is 43.9 Å². The third-order valence-electron chi connectivity index (χ3n) is 3.90. The molecular formula is C19H22ClIN6. The number of hydrogen-bond acceptors (Lipinski definition) is 3. The van der Waals surface area contributed by atoms with Gasteiger partial charge in [-0.1, -0.05) is 35.9 Å². The van der Waals surface area contributed by atoms with Gasteiger partial charge in [-0.25, -0.2) is 9.67 Å². The van der Waals surface area contributed by atoms with Crippen molar-refractivity contribution in [1.82, 2.24) is 25.4 Å². The lowest BCUT2D eigenvalue weighted by Crippen LogP contribution is -2.37. The van der Waals surface area contributed by atoms with Gasteiger partial charge in [0.05, 0.1) is 5.69 Å². The molecule has 2 aromatic carbocycles. The Morgan fingerprint density at radius 2 is 1.93 bits per heavy atom. The molecule has 1 heterocycles. The summed E-state index contributed by atoms with van der Waals surface area (Å²) in [5.41, 5.74) is 3.34. The highest BCUT2D eigenvalue weighted by Crippen LogP contribution is 2.10. The Kier molecular flexibility index (Phi) is 8.53. The Bertz CT molecular complexity index is 849. The normalized spacial score (nSPS) is 11.0. The summed E-state index contributed by atoms with van der Waals surface area (Å²) in [7, 11) is 1.77. The van der Waals surface area contributed by atoms with E-state index in [0.29, 0.717) is 6.54 Å². The average Bonchev–Trinajstić information content (AvgIpc) is 3.20. The fourth-order valence-electron chi connectivity index (χ4n) is 2.53. The Balaban J connectivity index is 0.00000261. The van der Waals surface area contributed by atoms with Crippen molar-refractivity contribution in [2.45, 2.75) is 13.0 Å². The molecule has 0 unspecified atom stereocenters. The number of aromatic nitrogens is 3. The fraction of sp³-hybridized carbons (Fsp3) is 0.211. The van der Waals surface area contributed by atoms with Crippen molar-refractivity contribution in [2.75, 3.05) is 13.6 Å². The summed E-state index contributed by atoms with van der Waals surface area (Å²) < 4.78 is 1.73. The third kappa shape index (κ3) is 6.51. The second-order valence-electron chi connectivity index (χ2n) is 5.74. The van der Waals surface area contributed by atoms with Crippen LogP contribution in [0.15, 0.2) is 66.2 Å². The Morgan fingerprint density at radius 1 is 1.11 bits per heavy atom. The molecule has 3 rings (SSSR count). The van der Waals surface area contributed by atoms with Gasteiger partial charge in [-0.15, -0.1) is 24.0 Å². The van der Waals surface area contributed by atoms with Crippen molar-refractivity contribution in [3.05, 3.63) is 77.3 Å². The lowest BCUT2D eigenvalue weighted by atomic mass is 10.1. The maximum atomic E-state index is 6.01. The minimum atomic E-state index is 0. The highest BCUT2D eigenvalue weighted by atomic mass is 127. The molecule has 1 aromatic heterocycles. The molecule has 0 bridgehead atoms. The van der Waals surface area contributed by atoms with Gasteiger partial charge in [0.15, 0.2) is 5.96 Å². The van der Waals surface area contributed by atoms with Crippen molar-refractivity contribution >= 4 is 41.5 Å². The van der Waals surface area contributed by atoms with Gasteiger partial charge in [0, 0.05) is 25.2 Å². The Labute approximate surface area is 181 Å². The predicted octanol–water partition coefficient (Wildman–Crippen LogP) is 3.45. The van der Waals surface area contributed by atoms with Gasteiger partial charge in [0.25, 0.3) is 0 Å². The topological polar surface area (TPSA) is 67.1 Å². The highest BCUT2D eigenvalue weighted by Gasteiger charge is 2.01. The van der Waals surface area contributed by atoms with Crippen molar-refractivity contribution < 1.29 is 0 Å². The van der Waals surface area contributed by atoms with Gasteiger partial charge < -0.3 is 10.6 Å². The smallest absolute Gasteiger partial charge is 0.191 e. The number of halogens is 2. The van der Waals surface area contributed by atoms with Crippen LogP contribution in [-0.4, -0.2) is 34.3 Å². The van der Waals surface area contributed by atoms with E-state index in [4.69, 9.17) is 11.6 Å². The van der Waals surface area contributed by atoms with Gasteiger partial charge in [-0.3, -0.25) is 4.99 Å². The number of rotatable bonds is 6. The number of hydrogen-bond donors (Lipinski definition) is 2. The number of guanidine groups is 1. The maximum absolute atomic E-state index is 6.01. The van der Waals surface area contributed by atoms with Crippen LogP contribution in [0.4, 0.5) is 0 Å². The van der Waals surface area contributed by atoms with Crippen LogP contribution in [-0.2, 0) is 13.0 Å². The van der Waals surface area contributed by atoms with Crippen LogP contribution in [0.25, 0.3) is 5.69 Å². The first-order valence-electron chi connectivity index (χ1n) is 8.37. The molecule has 0 aliphatic heterocycles. The van der Waals surface area contributed by atoms with Gasteiger partial charge in [-0.2, -0.15) is 5.10 Å². The molecule has 2 N–H and O–H groups in total. The quantitative estimate of drug-likeness (QED) is 0.312. The van der Waals surface area contributed by atoms with Crippen LogP contribution in [0.3, 0.4) is 0 Å². The first-order chi connectivity index (χ1) is 12.7. The molecule has 3 aromatic rings. The van der Waals surface area contributed by atoms with Crippen LogP contribution < -0.4 is 10.6 Å². The van der Waals surface area contributed by atoms with Crippen LogP contribution in [0.5, 0.6) is 0 Å². The summed E-state index contributed by atoms with van der Waals surface area (Å²) >= 11 is 6.01. The molecule has 0 radical (unpaired) electrons. The van der Waals surface area contributed by atoms with E-state index >= 15 is 0 Å². The minimum Gasteiger partial charge on any atom is -0.356 e. The molecule has 0 atom stereocenters. The number of benzene rings is 2. The average molecular weight is 497 g/mol. The summed E-state index contributed by atoms with van der Waals surface area (Å²) in [5.74, 6) is 0.771. The summed E-state index contributed by atoms with van der Waals surface area (Å²) in [6.07, 6.45) is 4.08. The van der Waals surface area contributed by atoms with E-state index in [0.717, 1.165) is 35.2 Å². The minimum absolute atomic E-state index is 0. The second kappa shape index (κ2) is 10.9. The van der Waals surface area contributed by atoms with Crippen molar-refractivity contribution in [3.63, 3.8) is 0 Å². The van der Waals surface area contributed by atoms with E-state index < -0.39 is 0 Å². The number of aliphatic imine (C=N–C) groups is 1. The van der Waals surface area contributed by atoms with E-state index in [1.54, 1.807) is 18.1 Å². The first kappa shape index (κ1) is 21.2. The molecule has 0 saturated heterocycles. The molecular weight excluding hydrogens is 475 g/mol. The zero-order chi connectivity index (χ0) is 18.2. The Morgan fingerprint density at radius 3 is 2.59 bits per heavy atom. The Hall–Kier alpha value is -2.13. The van der Waals surface area contributed by atoms with Gasteiger partial charge in [-0.05, 0) is 41.8 Å². The standard InChI is InChI=1S/C19H21ClN6.HI/c1-21-19(23-10-9-15-3-2-4-17(20)11-15)24-12-16-5-7-18(8-6-16)26-14-22-13-25-26;/h2-8,11,13-14H,9-10,12H2,1H3,(H2,21,23,24);1H. The lowest BCUT2D eigenvalue weighted by Gasteiger charge is -2.12. The number of nitrogens with zero attached hydrogens (tertiary/aromatic N) is 4. The summed E-state index contributed by atoms with van der Waals surface area (Å²) in [4.78, 5) is 8.21. The van der Waals surface area contributed by atoms with Crippen molar-refractivity contribution in [2.24, 2.45) is 4.99 Å². The second-order valence-corrected chi connectivity index (χ2v) is 6.18. The molecule has 0 fully saturated rings. The predicted molar refractivity (Wildman–Crippen MR) is 120 cm³/mol. The van der Waals surface area contributed by atoms with Crippen LogP contribution in [0.1, 0.15) is 11.1 Å². The molecule has 27 heavy (non-hydrogen) atoms. The molecule has 142 valence electrons. The van der Waals surface area contributed by atoms with E-state index in [9.17, 15) is 0 Å². The summed E-state index contributed by atoms with van der Waals surface area (Å²) in [6, 6.07) is 16.0. The van der Waals surface area contributed by atoms with Gasteiger partial charge in [0.1, 0.15) is 12.7 Å². The van der Waals surface area contributed by atoms with Gasteiger partial charge >= 0.3 is 0 Å². The van der Waals surface area contributed by atoms with Crippen molar-refractivity contribution in [1.29, 1.82) is 0 Å². The summed E-state index contributed by atoms with van der Waals surface area (Å²) in [6.45, 7) is 1.47.